The molecule has 0 radical (unpaired) electrons. The minimum Gasteiger partial charge on any atom is -0.375 e. The van der Waals surface area contributed by atoms with Crippen LogP contribution in [-0.4, -0.2) is 12.2 Å². The third kappa shape index (κ3) is 3.14. The lowest BCUT2D eigenvalue weighted by molar-refractivity contribution is 0.0113. The number of unbranched alkanes of at least 4 members (excludes halogenated alkanes) is 3. The van der Waals surface area contributed by atoms with E-state index in [1.54, 1.807) is 0 Å². The van der Waals surface area contributed by atoms with Crippen LogP contribution in [0.1, 0.15) is 58.8 Å². The zero-order chi connectivity index (χ0) is 8.86. The molecular formula is C11H22O. The fourth-order valence-electron chi connectivity index (χ4n) is 1.96. The van der Waals surface area contributed by atoms with Crippen LogP contribution in [0.2, 0.25) is 0 Å². The van der Waals surface area contributed by atoms with Crippen LogP contribution in [0.3, 0.4) is 0 Å². The van der Waals surface area contributed by atoms with Gasteiger partial charge in [-0.1, -0.05) is 32.6 Å². The fraction of sp³-hybridized carbons (Fsp3) is 1.00. The van der Waals surface area contributed by atoms with E-state index in [0.717, 1.165) is 6.61 Å². The van der Waals surface area contributed by atoms with Crippen LogP contribution in [0.25, 0.3) is 0 Å². The molecule has 1 fully saturated rings. The lowest BCUT2D eigenvalue weighted by Crippen LogP contribution is -2.22. The van der Waals surface area contributed by atoms with Gasteiger partial charge in [0.1, 0.15) is 0 Å². The van der Waals surface area contributed by atoms with E-state index >= 15 is 0 Å². The first-order valence-electron chi connectivity index (χ1n) is 5.41. The Hall–Kier alpha value is -0.0400. The summed E-state index contributed by atoms with van der Waals surface area (Å²) in [5.74, 6) is 0. The number of rotatable bonds is 5. The molecule has 1 heterocycles. The zero-order valence-corrected chi connectivity index (χ0v) is 8.57. The quantitative estimate of drug-likeness (QED) is 0.573. The van der Waals surface area contributed by atoms with Gasteiger partial charge < -0.3 is 4.74 Å². The van der Waals surface area contributed by atoms with Crippen molar-refractivity contribution in [1.82, 2.24) is 0 Å². The third-order valence-electron chi connectivity index (χ3n) is 2.86. The van der Waals surface area contributed by atoms with E-state index in [1.165, 1.54) is 44.9 Å². The van der Waals surface area contributed by atoms with Crippen LogP contribution in [0.4, 0.5) is 0 Å². The van der Waals surface area contributed by atoms with E-state index in [4.69, 9.17) is 4.74 Å². The van der Waals surface area contributed by atoms with Gasteiger partial charge >= 0.3 is 0 Å². The molecule has 1 nitrogen and oxygen atoms in total. The number of ether oxygens (including phenoxy) is 1. The van der Waals surface area contributed by atoms with Gasteiger partial charge in [-0.25, -0.2) is 0 Å². The van der Waals surface area contributed by atoms with Gasteiger partial charge in [-0.15, -0.1) is 0 Å². The number of hydrogen-bond donors (Lipinski definition) is 0. The summed E-state index contributed by atoms with van der Waals surface area (Å²) < 4.78 is 5.72. The number of hydrogen-bond acceptors (Lipinski definition) is 1. The third-order valence-corrected chi connectivity index (χ3v) is 2.86. The molecule has 1 aliphatic heterocycles. The Balaban J connectivity index is 2.05. The Labute approximate surface area is 76.5 Å². The van der Waals surface area contributed by atoms with Crippen molar-refractivity contribution in [2.45, 2.75) is 64.4 Å². The van der Waals surface area contributed by atoms with E-state index in [9.17, 15) is 0 Å². The van der Waals surface area contributed by atoms with Crippen molar-refractivity contribution in [1.29, 1.82) is 0 Å². The smallest absolute Gasteiger partial charge is 0.0655 e. The molecule has 0 aromatic rings. The Morgan fingerprint density at radius 3 is 2.67 bits per heavy atom. The summed E-state index contributed by atoms with van der Waals surface area (Å²) in [4.78, 5) is 0. The molecule has 1 unspecified atom stereocenters. The molecule has 1 rings (SSSR count). The highest BCUT2D eigenvalue weighted by molar-refractivity contribution is 4.79. The molecule has 0 bridgehead atoms. The van der Waals surface area contributed by atoms with Crippen molar-refractivity contribution < 1.29 is 4.74 Å². The van der Waals surface area contributed by atoms with Crippen LogP contribution in [0.15, 0.2) is 0 Å². The van der Waals surface area contributed by atoms with Gasteiger partial charge in [0, 0.05) is 6.61 Å². The molecule has 12 heavy (non-hydrogen) atoms. The first-order valence-corrected chi connectivity index (χ1v) is 5.41. The molecule has 0 aromatic carbocycles. The SMILES string of the molecule is CCCCCCC1(C)CCCO1. The minimum atomic E-state index is 0.244. The van der Waals surface area contributed by atoms with Gasteiger partial charge in [-0.3, -0.25) is 0 Å². The van der Waals surface area contributed by atoms with E-state index in [1.807, 2.05) is 0 Å². The van der Waals surface area contributed by atoms with Crippen molar-refractivity contribution in [2.24, 2.45) is 0 Å². The first-order chi connectivity index (χ1) is 5.77. The van der Waals surface area contributed by atoms with Crippen molar-refractivity contribution in [3.63, 3.8) is 0 Å². The topological polar surface area (TPSA) is 9.23 Å². The second-order valence-electron chi connectivity index (χ2n) is 4.21. The van der Waals surface area contributed by atoms with Gasteiger partial charge in [0.05, 0.1) is 5.60 Å². The predicted octanol–water partition coefficient (Wildman–Crippen LogP) is 3.53. The highest BCUT2D eigenvalue weighted by Crippen LogP contribution is 2.30. The Bertz CT molecular complexity index is 114. The molecule has 1 aliphatic rings. The molecule has 1 saturated heterocycles. The standard InChI is InChI=1S/C11H22O/c1-3-4-5-6-8-11(2)9-7-10-12-11/h3-10H2,1-2H3. The summed E-state index contributed by atoms with van der Waals surface area (Å²) in [7, 11) is 0. The normalized spacial score (nSPS) is 29.5. The molecule has 0 aromatic heterocycles. The zero-order valence-electron chi connectivity index (χ0n) is 8.57. The molecule has 0 spiro atoms. The van der Waals surface area contributed by atoms with Crippen LogP contribution >= 0.6 is 0 Å². The van der Waals surface area contributed by atoms with Crippen LogP contribution in [0, 0.1) is 0 Å². The van der Waals surface area contributed by atoms with Crippen molar-refractivity contribution in [3.05, 3.63) is 0 Å². The lowest BCUT2D eigenvalue weighted by atomic mass is 9.95. The maximum atomic E-state index is 5.72. The van der Waals surface area contributed by atoms with Gasteiger partial charge in [-0.05, 0) is 26.2 Å². The Kier molecular flexibility index (Phi) is 4.07. The predicted molar refractivity (Wildman–Crippen MR) is 52.4 cm³/mol. The minimum absolute atomic E-state index is 0.244. The summed E-state index contributed by atoms with van der Waals surface area (Å²) in [6.45, 7) is 5.52. The highest BCUT2D eigenvalue weighted by atomic mass is 16.5. The summed E-state index contributed by atoms with van der Waals surface area (Å²) in [6, 6.07) is 0. The second kappa shape index (κ2) is 4.86. The van der Waals surface area contributed by atoms with Gasteiger partial charge in [0.25, 0.3) is 0 Å². The van der Waals surface area contributed by atoms with Gasteiger partial charge in [-0.2, -0.15) is 0 Å². The van der Waals surface area contributed by atoms with E-state index in [2.05, 4.69) is 13.8 Å². The highest BCUT2D eigenvalue weighted by Gasteiger charge is 2.28. The van der Waals surface area contributed by atoms with Crippen molar-refractivity contribution >= 4 is 0 Å². The molecule has 72 valence electrons. The molecule has 1 heteroatoms. The lowest BCUT2D eigenvalue weighted by Gasteiger charge is -2.22. The fourth-order valence-corrected chi connectivity index (χ4v) is 1.96. The summed E-state index contributed by atoms with van der Waals surface area (Å²) in [5, 5.41) is 0. The maximum Gasteiger partial charge on any atom is 0.0655 e. The average Bonchev–Trinajstić information content (AvgIpc) is 2.47. The van der Waals surface area contributed by atoms with Gasteiger partial charge in [0.15, 0.2) is 0 Å². The molecular weight excluding hydrogens is 148 g/mol. The van der Waals surface area contributed by atoms with Crippen LogP contribution in [0.5, 0.6) is 0 Å². The maximum absolute atomic E-state index is 5.72. The Morgan fingerprint density at radius 1 is 1.25 bits per heavy atom. The van der Waals surface area contributed by atoms with E-state index < -0.39 is 0 Å². The molecule has 0 saturated carbocycles. The van der Waals surface area contributed by atoms with E-state index in [0.29, 0.717) is 0 Å². The molecule has 0 N–H and O–H groups in total. The van der Waals surface area contributed by atoms with Gasteiger partial charge in [0.2, 0.25) is 0 Å². The summed E-state index contributed by atoms with van der Waals surface area (Å²) in [6.07, 6.45) is 9.27. The van der Waals surface area contributed by atoms with Crippen LogP contribution < -0.4 is 0 Å². The monoisotopic (exact) mass is 170 g/mol. The van der Waals surface area contributed by atoms with Crippen molar-refractivity contribution in [3.8, 4) is 0 Å². The molecule has 0 amide bonds. The van der Waals surface area contributed by atoms with E-state index in [-0.39, 0.29) is 5.60 Å². The first kappa shape index (κ1) is 10.0. The second-order valence-corrected chi connectivity index (χ2v) is 4.21. The Morgan fingerprint density at radius 2 is 2.08 bits per heavy atom. The van der Waals surface area contributed by atoms with Crippen molar-refractivity contribution in [2.75, 3.05) is 6.61 Å². The average molecular weight is 170 g/mol. The summed E-state index contributed by atoms with van der Waals surface area (Å²) >= 11 is 0. The largest absolute Gasteiger partial charge is 0.375 e. The molecule has 1 atom stereocenters. The molecule has 0 aliphatic carbocycles. The summed E-state index contributed by atoms with van der Waals surface area (Å²) in [5.41, 5.74) is 0.244. The van der Waals surface area contributed by atoms with Crippen LogP contribution in [-0.2, 0) is 4.74 Å².